The smallest absolute Gasteiger partial charge is 0.168 e. The first-order chi connectivity index (χ1) is 5.29. The van der Waals surface area contributed by atoms with E-state index in [0.717, 1.165) is 18.3 Å². The molecule has 2 aliphatic rings. The van der Waals surface area contributed by atoms with Crippen LogP contribution in [-0.2, 0) is 0 Å². The van der Waals surface area contributed by atoms with E-state index in [0.29, 0.717) is 0 Å². The maximum absolute atomic E-state index is 5.78. The van der Waals surface area contributed by atoms with Gasteiger partial charge in [0.1, 0.15) is 0 Å². The van der Waals surface area contributed by atoms with Crippen molar-refractivity contribution in [3.8, 4) is 0 Å². The maximum Gasteiger partial charge on any atom is 0.168 e. The highest BCUT2D eigenvalue weighted by Gasteiger charge is 2.27. The van der Waals surface area contributed by atoms with Crippen LogP contribution in [0, 0.1) is 0 Å². The van der Waals surface area contributed by atoms with Crippen molar-refractivity contribution < 1.29 is 0 Å². The highest BCUT2D eigenvalue weighted by molar-refractivity contribution is 8.16. The van der Waals surface area contributed by atoms with E-state index in [2.05, 4.69) is 15.3 Å². The largest absolute Gasteiger partial charge is 0.323 e. The van der Waals surface area contributed by atoms with Crippen molar-refractivity contribution in [2.24, 2.45) is 10.7 Å². The summed E-state index contributed by atoms with van der Waals surface area (Å²) in [7, 11) is 0. The van der Waals surface area contributed by atoms with E-state index in [-0.39, 0.29) is 6.04 Å². The fraction of sp³-hybridized carbons (Fsp3) is 0.571. The van der Waals surface area contributed by atoms with Crippen LogP contribution in [0.5, 0.6) is 0 Å². The van der Waals surface area contributed by atoms with E-state index < -0.39 is 0 Å². The summed E-state index contributed by atoms with van der Waals surface area (Å²) in [6.45, 7) is 3.94. The molecule has 1 atom stereocenters. The van der Waals surface area contributed by atoms with E-state index in [1.165, 1.54) is 5.70 Å². The van der Waals surface area contributed by atoms with Gasteiger partial charge < -0.3 is 10.6 Å². The molecule has 0 aliphatic carbocycles. The molecule has 0 spiro atoms. The molecule has 2 heterocycles. The molecule has 2 rings (SSSR count). The van der Waals surface area contributed by atoms with Gasteiger partial charge in [-0.25, -0.2) is 0 Å². The van der Waals surface area contributed by atoms with E-state index in [4.69, 9.17) is 5.73 Å². The van der Waals surface area contributed by atoms with Crippen molar-refractivity contribution >= 4 is 16.9 Å². The molecule has 0 aromatic rings. The van der Waals surface area contributed by atoms with Crippen LogP contribution in [0.4, 0.5) is 0 Å². The highest BCUT2D eigenvalue weighted by Crippen LogP contribution is 2.29. The van der Waals surface area contributed by atoms with Crippen LogP contribution in [0.2, 0.25) is 0 Å². The summed E-state index contributed by atoms with van der Waals surface area (Å²) in [5.41, 5.74) is 6.99. The number of hydrogen-bond donors (Lipinski definition) is 1. The molecule has 0 bridgehead atoms. The average Bonchev–Trinajstić information content (AvgIpc) is 2.41. The quantitative estimate of drug-likeness (QED) is 0.624. The van der Waals surface area contributed by atoms with Crippen LogP contribution in [0.15, 0.2) is 16.1 Å². The van der Waals surface area contributed by atoms with Crippen LogP contribution in [-0.4, -0.2) is 29.2 Å². The lowest BCUT2D eigenvalue weighted by atomic mass is 10.2. The van der Waals surface area contributed by atoms with Crippen LogP contribution in [0.1, 0.15) is 6.92 Å². The molecule has 0 saturated heterocycles. The summed E-state index contributed by atoms with van der Waals surface area (Å²) in [5.74, 6) is 0. The Hall–Kier alpha value is -0.480. The molecular weight excluding hydrogens is 158 g/mol. The second kappa shape index (κ2) is 2.53. The lowest BCUT2D eigenvalue weighted by Crippen LogP contribution is -2.31. The molecule has 11 heavy (non-hydrogen) atoms. The molecule has 2 aliphatic heterocycles. The standard InChI is InChI=1S/C7H11N3S/c1-5(8)6-4-11-7-9-2-3-10(6)7/h4-5H,2-3,8H2,1H3. The normalized spacial score (nSPS) is 24.7. The summed E-state index contributed by atoms with van der Waals surface area (Å²) in [5, 5.41) is 3.22. The molecule has 60 valence electrons. The van der Waals surface area contributed by atoms with Crippen LogP contribution < -0.4 is 5.73 Å². The number of amidine groups is 1. The molecule has 2 N–H and O–H groups in total. The van der Waals surface area contributed by atoms with Crippen molar-refractivity contribution in [1.82, 2.24) is 4.90 Å². The number of nitrogens with two attached hydrogens (primary N) is 1. The first-order valence-electron chi connectivity index (χ1n) is 3.73. The number of nitrogens with zero attached hydrogens (tertiary/aromatic N) is 2. The van der Waals surface area contributed by atoms with E-state index in [9.17, 15) is 0 Å². The van der Waals surface area contributed by atoms with Gasteiger partial charge in [0.25, 0.3) is 0 Å². The van der Waals surface area contributed by atoms with Gasteiger partial charge in [-0.2, -0.15) is 0 Å². The maximum atomic E-state index is 5.78. The molecule has 3 nitrogen and oxygen atoms in total. The predicted octanol–water partition coefficient (Wildman–Crippen LogP) is 0.593. The van der Waals surface area contributed by atoms with Gasteiger partial charge in [-0.1, -0.05) is 11.8 Å². The van der Waals surface area contributed by atoms with Crippen molar-refractivity contribution in [3.63, 3.8) is 0 Å². The molecule has 1 unspecified atom stereocenters. The molecule has 0 saturated carbocycles. The van der Waals surface area contributed by atoms with Gasteiger partial charge in [-0.05, 0) is 6.92 Å². The summed E-state index contributed by atoms with van der Waals surface area (Å²) in [6, 6.07) is 0.133. The third-order valence-corrected chi connectivity index (χ3v) is 2.78. The molecule has 4 heteroatoms. The lowest BCUT2D eigenvalue weighted by Gasteiger charge is -2.18. The molecule has 0 radical (unpaired) electrons. The Labute approximate surface area is 70.3 Å². The number of hydrogen-bond acceptors (Lipinski definition) is 4. The van der Waals surface area contributed by atoms with Crippen LogP contribution >= 0.6 is 11.8 Å². The van der Waals surface area contributed by atoms with E-state index in [1.807, 2.05) is 6.92 Å². The number of fused-ring (bicyclic) bond motifs is 1. The number of thioether (sulfide) groups is 1. The second-order valence-electron chi connectivity index (χ2n) is 2.77. The molecular formula is C7H11N3S. The third kappa shape index (κ3) is 1.06. The van der Waals surface area contributed by atoms with E-state index >= 15 is 0 Å². The zero-order valence-corrected chi connectivity index (χ0v) is 7.27. The Bertz CT molecular complexity index is 232. The van der Waals surface area contributed by atoms with Crippen molar-refractivity contribution in [3.05, 3.63) is 11.1 Å². The minimum atomic E-state index is 0.133. The van der Waals surface area contributed by atoms with Gasteiger partial charge in [0.2, 0.25) is 0 Å². The van der Waals surface area contributed by atoms with Crippen molar-refractivity contribution in [1.29, 1.82) is 0 Å². The summed E-state index contributed by atoms with van der Waals surface area (Å²) in [4.78, 5) is 6.53. The molecule has 0 aromatic heterocycles. The zero-order chi connectivity index (χ0) is 7.84. The summed E-state index contributed by atoms with van der Waals surface area (Å²) < 4.78 is 0. The fourth-order valence-electron chi connectivity index (χ4n) is 1.30. The first-order valence-corrected chi connectivity index (χ1v) is 4.61. The average molecular weight is 169 g/mol. The van der Waals surface area contributed by atoms with Crippen molar-refractivity contribution in [2.75, 3.05) is 13.1 Å². The SMILES string of the molecule is CC(N)C1=CSC2=NCCN12. The Balaban J connectivity index is 2.20. The van der Waals surface area contributed by atoms with Gasteiger partial charge in [0.05, 0.1) is 6.54 Å². The molecule has 0 aromatic carbocycles. The minimum Gasteiger partial charge on any atom is -0.323 e. The van der Waals surface area contributed by atoms with Gasteiger partial charge in [0, 0.05) is 23.7 Å². The van der Waals surface area contributed by atoms with Crippen molar-refractivity contribution in [2.45, 2.75) is 13.0 Å². The molecule has 0 fully saturated rings. The topological polar surface area (TPSA) is 41.6 Å². The summed E-state index contributed by atoms with van der Waals surface area (Å²) in [6.07, 6.45) is 0. The van der Waals surface area contributed by atoms with E-state index in [1.54, 1.807) is 11.8 Å². The summed E-state index contributed by atoms with van der Waals surface area (Å²) >= 11 is 1.68. The van der Waals surface area contributed by atoms with Gasteiger partial charge >= 0.3 is 0 Å². The number of rotatable bonds is 1. The molecule has 0 amide bonds. The zero-order valence-electron chi connectivity index (χ0n) is 6.45. The van der Waals surface area contributed by atoms with Crippen LogP contribution in [0.25, 0.3) is 0 Å². The monoisotopic (exact) mass is 169 g/mol. The van der Waals surface area contributed by atoms with Crippen LogP contribution in [0.3, 0.4) is 0 Å². The highest BCUT2D eigenvalue weighted by atomic mass is 32.2. The lowest BCUT2D eigenvalue weighted by molar-refractivity contribution is 0.527. The fourth-order valence-corrected chi connectivity index (χ4v) is 2.35. The Morgan fingerprint density at radius 2 is 2.64 bits per heavy atom. The van der Waals surface area contributed by atoms with Gasteiger partial charge in [-0.3, -0.25) is 4.99 Å². The second-order valence-corrected chi connectivity index (χ2v) is 3.60. The number of aliphatic imine (C=N–C) groups is 1. The Kier molecular flexibility index (Phi) is 1.65. The Morgan fingerprint density at radius 1 is 1.82 bits per heavy atom. The minimum absolute atomic E-state index is 0.133. The predicted molar refractivity (Wildman–Crippen MR) is 48.3 cm³/mol. The first kappa shape index (κ1) is 7.18. The van der Waals surface area contributed by atoms with Gasteiger partial charge in [0.15, 0.2) is 5.17 Å². The Morgan fingerprint density at radius 3 is 3.36 bits per heavy atom. The third-order valence-electron chi connectivity index (χ3n) is 1.86. The van der Waals surface area contributed by atoms with Gasteiger partial charge in [-0.15, -0.1) is 0 Å².